The Kier molecular flexibility index (Phi) is 6.27. The van der Waals surface area contributed by atoms with Gasteiger partial charge in [0.05, 0.1) is 16.2 Å². The second-order valence-corrected chi connectivity index (χ2v) is 7.33. The van der Waals surface area contributed by atoms with Crippen LogP contribution < -0.4 is 10.9 Å². The molecule has 146 valence electrons. The second-order valence-electron chi connectivity index (χ2n) is 6.48. The Labute approximate surface area is 172 Å². The number of hydrogen-bond acceptors (Lipinski definition) is 3. The molecule has 0 radical (unpaired) electrons. The first kappa shape index (κ1) is 20.2. The summed E-state index contributed by atoms with van der Waals surface area (Å²) < 4.78 is 1.54. The smallest absolute Gasteiger partial charge is 0.267 e. The van der Waals surface area contributed by atoms with Gasteiger partial charge in [0.15, 0.2) is 0 Å². The monoisotopic (exact) mass is 418 g/mol. The zero-order chi connectivity index (χ0) is 20.3. The van der Waals surface area contributed by atoms with E-state index in [9.17, 15) is 14.7 Å². The minimum atomic E-state index is -0.721. The first-order valence-electron chi connectivity index (χ1n) is 9.05. The lowest BCUT2D eigenvalue weighted by molar-refractivity contribution is 0.102. The molecule has 1 amide bonds. The van der Waals surface area contributed by atoms with Crippen molar-refractivity contribution in [2.45, 2.75) is 32.7 Å². The number of para-hydroxylation sites is 1. The molecule has 1 heterocycles. The summed E-state index contributed by atoms with van der Waals surface area (Å²) in [4.78, 5) is 25.9. The average Bonchev–Trinajstić information content (AvgIpc) is 2.67. The number of anilines is 1. The number of unbranched alkanes of at least 4 members (excludes halogenated alkanes) is 2. The van der Waals surface area contributed by atoms with E-state index >= 15 is 0 Å². The summed E-state index contributed by atoms with van der Waals surface area (Å²) in [6.07, 6.45) is 2.77. The number of rotatable bonds is 6. The van der Waals surface area contributed by atoms with E-state index in [2.05, 4.69) is 12.2 Å². The lowest BCUT2D eigenvalue weighted by atomic mass is 10.1. The van der Waals surface area contributed by atoms with Crippen LogP contribution in [0.1, 0.15) is 36.5 Å². The van der Waals surface area contributed by atoms with Gasteiger partial charge in [-0.3, -0.25) is 9.59 Å². The third-order valence-corrected chi connectivity index (χ3v) is 5.09. The molecule has 2 aromatic carbocycles. The fourth-order valence-electron chi connectivity index (χ4n) is 3.11. The molecule has 0 bridgehead atoms. The van der Waals surface area contributed by atoms with Gasteiger partial charge in [-0.15, -0.1) is 0 Å². The van der Waals surface area contributed by atoms with Gasteiger partial charge >= 0.3 is 0 Å². The fourth-order valence-corrected chi connectivity index (χ4v) is 3.57. The maximum atomic E-state index is 13.1. The van der Waals surface area contributed by atoms with Crippen LogP contribution >= 0.6 is 23.2 Å². The molecule has 0 atom stereocenters. The number of pyridine rings is 1. The van der Waals surface area contributed by atoms with Gasteiger partial charge in [-0.25, -0.2) is 0 Å². The number of aryl methyl sites for hydroxylation is 1. The van der Waals surface area contributed by atoms with Crippen molar-refractivity contribution in [3.05, 3.63) is 68.4 Å². The summed E-state index contributed by atoms with van der Waals surface area (Å²) in [5.74, 6) is -1.06. The van der Waals surface area contributed by atoms with Gasteiger partial charge in [-0.1, -0.05) is 55.1 Å². The molecule has 0 unspecified atom stereocenters. The number of nitrogens with one attached hydrogen (secondary N) is 1. The largest absolute Gasteiger partial charge is 0.506 e. The number of nitrogens with zero attached hydrogens (tertiary/aromatic N) is 1. The van der Waals surface area contributed by atoms with Crippen molar-refractivity contribution >= 4 is 45.7 Å². The highest BCUT2D eigenvalue weighted by atomic mass is 35.5. The maximum Gasteiger partial charge on any atom is 0.267 e. The molecule has 0 aliphatic rings. The van der Waals surface area contributed by atoms with E-state index in [1.807, 2.05) is 0 Å². The van der Waals surface area contributed by atoms with Crippen molar-refractivity contribution in [3.63, 3.8) is 0 Å². The van der Waals surface area contributed by atoms with Gasteiger partial charge in [0.1, 0.15) is 11.3 Å². The first-order valence-corrected chi connectivity index (χ1v) is 9.80. The Balaban J connectivity index is 2.09. The van der Waals surface area contributed by atoms with Crippen molar-refractivity contribution < 1.29 is 9.90 Å². The van der Waals surface area contributed by atoms with Crippen LogP contribution in [0, 0.1) is 0 Å². The molecule has 7 heteroatoms. The zero-order valence-electron chi connectivity index (χ0n) is 15.3. The lowest BCUT2D eigenvalue weighted by Gasteiger charge is -2.15. The Morgan fingerprint density at radius 3 is 2.61 bits per heavy atom. The van der Waals surface area contributed by atoms with Gasteiger partial charge in [0.25, 0.3) is 11.5 Å². The summed E-state index contributed by atoms with van der Waals surface area (Å²) >= 11 is 12.0. The number of benzene rings is 2. The number of hydrogen-bond donors (Lipinski definition) is 2. The van der Waals surface area contributed by atoms with Crippen LogP contribution in [0.5, 0.6) is 5.75 Å². The Morgan fingerprint density at radius 1 is 1.14 bits per heavy atom. The molecule has 2 N–H and O–H groups in total. The van der Waals surface area contributed by atoms with E-state index in [1.54, 1.807) is 41.0 Å². The fraction of sp³-hybridized carbons (Fsp3) is 0.238. The summed E-state index contributed by atoms with van der Waals surface area (Å²) in [7, 11) is 0. The molecular formula is C21H20Cl2N2O3. The quantitative estimate of drug-likeness (QED) is 0.522. The van der Waals surface area contributed by atoms with E-state index in [1.165, 1.54) is 6.07 Å². The van der Waals surface area contributed by atoms with Crippen LogP contribution in [0.2, 0.25) is 10.0 Å². The summed E-state index contributed by atoms with van der Waals surface area (Å²) in [6.45, 7) is 2.54. The van der Waals surface area contributed by atoms with E-state index in [4.69, 9.17) is 23.2 Å². The number of fused-ring (bicyclic) bond motifs is 1. The van der Waals surface area contributed by atoms with Crippen molar-refractivity contribution in [2.24, 2.45) is 0 Å². The molecule has 3 aromatic rings. The molecule has 3 rings (SSSR count). The molecule has 1 aromatic heterocycles. The minimum absolute atomic E-state index is 0.240. The van der Waals surface area contributed by atoms with Gasteiger partial charge in [-0.05, 0) is 36.8 Å². The van der Waals surface area contributed by atoms with Gasteiger partial charge < -0.3 is 15.0 Å². The van der Waals surface area contributed by atoms with Crippen molar-refractivity contribution in [3.8, 4) is 5.75 Å². The lowest BCUT2D eigenvalue weighted by Crippen LogP contribution is -2.30. The van der Waals surface area contributed by atoms with Crippen LogP contribution in [-0.4, -0.2) is 15.6 Å². The number of halogens is 2. The van der Waals surface area contributed by atoms with Crippen LogP contribution in [0.3, 0.4) is 0 Å². The summed E-state index contributed by atoms with van der Waals surface area (Å²) in [5.41, 5.74) is 0.0684. The SMILES string of the molecule is CCCCCn1c(=O)c(C(=O)Nc2ccc(Cl)cc2Cl)c(O)c2ccccc21. The Hall–Kier alpha value is -2.50. The summed E-state index contributed by atoms with van der Waals surface area (Å²) in [6, 6.07) is 11.6. The van der Waals surface area contributed by atoms with Crippen molar-refractivity contribution in [1.29, 1.82) is 0 Å². The second kappa shape index (κ2) is 8.67. The van der Waals surface area contributed by atoms with Gasteiger partial charge in [0, 0.05) is 17.0 Å². The highest BCUT2D eigenvalue weighted by molar-refractivity contribution is 6.36. The first-order chi connectivity index (χ1) is 13.4. The van der Waals surface area contributed by atoms with Crippen molar-refractivity contribution in [2.75, 3.05) is 5.32 Å². The molecule has 0 aliphatic heterocycles. The van der Waals surface area contributed by atoms with Gasteiger partial charge in [0.2, 0.25) is 0 Å². The highest BCUT2D eigenvalue weighted by Gasteiger charge is 2.22. The summed E-state index contributed by atoms with van der Waals surface area (Å²) in [5, 5.41) is 14.4. The number of aromatic nitrogens is 1. The van der Waals surface area contributed by atoms with E-state index in [0.29, 0.717) is 28.2 Å². The third kappa shape index (κ3) is 4.01. The average molecular weight is 419 g/mol. The number of aromatic hydroxyl groups is 1. The van der Waals surface area contributed by atoms with Crippen molar-refractivity contribution in [1.82, 2.24) is 4.57 Å². The standard InChI is InChI=1S/C21H20Cl2N2O3/c1-2-3-6-11-25-17-8-5-4-7-14(17)19(26)18(21(25)28)20(27)24-16-10-9-13(22)12-15(16)23/h4-5,7-10,12,26H,2-3,6,11H2,1H3,(H,24,27). The Bertz CT molecular complexity index is 1090. The third-order valence-electron chi connectivity index (χ3n) is 4.54. The van der Waals surface area contributed by atoms with E-state index in [-0.39, 0.29) is 16.3 Å². The molecule has 5 nitrogen and oxygen atoms in total. The minimum Gasteiger partial charge on any atom is -0.506 e. The molecule has 0 saturated heterocycles. The molecule has 0 aliphatic carbocycles. The van der Waals surface area contributed by atoms with Crippen LogP contribution in [0.15, 0.2) is 47.3 Å². The Morgan fingerprint density at radius 2 is 1.89 bits per heavy atom. The predicted octanol–water partition coefficient (Wildman–Crippen LogP) is 5.46. The van der Waals surface area contributed by atoms with E-state index in [0.717, 1.165) is 19.3 Å². The van der Waals surface area contributed by atoms with Crippen LogP contribution in [0.25, 0.3) is 10.9 Å². The van der Waals surface area contributed by atoms with Gasteiger partial charge in [-0.2, -0.15) is 0 Å². The molecule has 0 saturated carbocycles. The molecular weight excluding hydrogens is 399 g/mol. The highest BCUT2D eigenvalue weighted by Crippen LogP contribution is 2.29. The molecule has 28 heavy (non-hydrogen) atoms. The number of carbonyl (C=O) groups is 1. The predicted molar refractivity (Wildman–Crippen MR) is 114 cm³/mol. The maximum absolute atomic E-state index is 13.1. The number of amides is 1. The molecule has 0 spiro atoms. The van der Waals surface area contributed by atoms with E-state index < -0.39 is 11.5 Å². The van der Waals surface area contributed by atoms with Crippen LogP contribution in [0.4, 0.5) is 5.69 Å². The van der Waals surface area contributed by atoms with Crippen LogP contribution in [-0.2, 0) is 6.54 Å². The topological polar surface area (TPSA) is 71.3 Å². The number of carbonyl (C=O) groups excluding carboxylic acids is 1. The molecule has 0 fully saturated rings. The zero-order valence-corrected chi connectivity index (χ0v) is 16.8. The normalized spacial score (nSPS) is 11.0.